The fourth-order valence-electron chi connectivity index (χ4n) is 4.33. The van der Waals surface area contributed by atoms with Crippen molar-refractivity contribution in [2.75, 3.05) is 26.7 Å². The lowest BCUT2D eigenvalue weighted by atomic mass is 10.1. The van der Waals surface area contributed by atoms with Gasteiger partial charge in [-0.05, 0) is 55.5 Å². The van der Waals surface area contributed by atoms with Crippen molar-refractivity contribution in [2.45, 2.75) is 13.0 Å². The van der Waals surface area contributed by atoms with Gasteiger partial charge in [0.05, 0.1) is 12.7 Å². The smallest absolute Gasteiger partial charge is 0.254 e. The topological polar surface area (TPSA) is 54.4 Å². The minimum absolute atomic E-state index is 0.00176. The zero-order valence-corrected chi connectivity index (χ0v) is 19.2. The molecule has 3 aromatic rings. The Kier molecular flexibility index (Phi) is 5.68. The number of hydrogen-bond donors (Lipinski definition) is 0. The van der Waals surface area contributed by atoms with E-state index in [1.807, 2.05) is 47.4 Å². The molecular formula is C26H24ClN3O3. The normalized spacial score (nSPS) is 17.3. The summed E-state index contributed by atoms with van der Waals surface area (Å²) < 4.78 is 11.8. The van der Waals surface area contributed by atoms with Crippen molar-refractivity contribution in [3.05, 3.63) is 82.9 Å². The molecule has 0 spiro atoms. The summed E-state index contributed by atoms with van der Waals surface area (Å²) in [5.41, 5.74) is 2.28. The number of ether oxygens (including phenoxy) is 2. The van der Waals surface area contributed by atoms with Gasteiger partial charge in [-0.1, -0.05) is 29.8 Å². The van der Waals surface area contributed by atoms with Crippen molar-refractivity contribution in [1.82, 2.24) is 9.80 Å². The van der Waals surface area contributed by atoms with Crippen LogP contribution in [0.25, 0.3) is 0 Å². The molecule has 0 aromatic heterocycles. The molecule has 1 atom stereocenters. The number of piperazine rings is 1. The van der Waals surface area contributed by atoms with Gasteiger partial charge in [0.25, 0.3) is 5.91 Å². The average molecular weight is 462 g/mol. The number of nitrogens with zero attached hydrogens (tertiary/aromatic N) is 3. The number of hydrogen-bond acceptors (Lipinski definition) is 5. The molecule has 1 fully saturated rings. The summed E-state index contributed by atoms with van der Waals surface area (Å²) in [5, 5.41) is 0.618. The molecule has 5 rings (SSSR count). The molecule has 0 radical (unpaired) electrons. The van der Waals surface area contributed by atoms with Crippen LogP contribution in [-0.2, 0) is 0 Å². The van der Waals surface area contributed by atoms with Crippen LogP contribution in [0, 0.1) is 0 Å². The third kappa shape index (κ3) is 4.02. The largest absolute Gasteiger partial charge is 0.493 e. The Hall–Kier alpha value is -3.51. The number of fused-ring (bicyclic) bond motifs is 2. The first-order valence-corrected chi connectivity index (χ1v) is 11.3. The van der Waals surface area contributed by atoms with Gasteiger partial charge in [0.1, 0.15) is 11.5 Å². The minimum Gasteiger partial charge on any atom is -0.493 e. The molecule has 0 aliphatic carbocycles. The molecular weight excluding hydrogens is 438 g/mol. The van der Waals surface area contributed by atoms with Crippen molar-refractivity contribution < 1.29 is 14.3 Å². The van der Waals surface area contributed by atoms with E-state index in [1.54, 1.807) is 31.4 Å². The van der Waals surface area contributed by atoms with Crippen molar-refractivity contribution >= 4 is 29.0 Å². The standard InChI is InChI=1S/C26H24ClN3O3/c1-17-16-29(14-15-30(17)26(31)18-10-12-19(27)13-11-18)25-20-6-5-9-23(32-2)24(20)33-22-8-4-3-7-21(22)28-25/h3-13,17H,14-16H2,1-2H3/t17-/m1/s1. The number of aliphatic imine (C=N–C) groups is 1. The molecule has 3 aromatic carbocycles. The lowest BCUT2D eigenvalue weighted by molar-refractivity contribution is 0.0581. The Morgan fingerprint density at radius 2 is 1.85 bits per heavy atom. The molecule has 2 aliphatic rings. The van der Waals surface area contributed by atoms with Gasteiger partial charge < -0.3 is 19.3 Å². The van der Waals surface area contributed by atoms with Crippen LogP contribution in [0.2, 0.25) is 5.02 Å². The highest BCUT2D eigenvalue weighted by atomic mass is 35.5. The van der Waals surface area contributed by atoms with Crippen molar-refractivity contribution in [3.63, 3.8) is 0 Å². The predicted molar refractivity (Wildman–Crippen MR) is 129 cm³/mol. The van der Waals surface area contributed by atoms with Crippen LogP contribution in [0.5, 0.6) is 17.2 Å². The Balaban J connectivity index is 1.46. The van der Waals surface area contributed by atoms with Crippen LogP contribution in [0.4, 0.5) is 5.69 Å². The van der Waals surface area contributed by atoms with E-state index in [2.05, 4.69) is 11.8 Å². The second kappa shape index (κ2) is 8.79. The van der Waals surface area contributed by atoms with E-state index in [9.17, 15) is 4.79 Å². The van der Waals surface area contributed by atoms with Gasteiger partial charge in [0.2, 0.25) is 0 Å². The van der Waals surface area contributed by atoms with Gasteiger partial charge in [-0.15, -0.1) is 0 Å². The number of halogens is 1. The van der Waals surface area contributed by atoms with Gasteiger partial charge >= 0.3 is 0 Å². The number of methoxy groups -OCH3 is 1. The molecule has 6 nitrogen and oxygen atoms in total. The molecule has 1 amide bonds. The maximum atomic E-state index is 13.1. The number of rotatable bonds is 2. The fourth-order valence-corrected chi connectivity index (χ4v) is 4.46. The maximum Gasteiger partial charge on any atom is 0.254 e. The predicted octanol–water partition coefficient (Wildman–Crippen LogP) is 5.38. The molecule has 2 heterocycles. The fraction of sp³-hybridized carbons (Fsp3) is 0.231. The van der Waals surface area contributed by atoms with E-state index in [1.165, 1.54) is 0 Å². The van der Waals surface area contributed by atoms with Gasteiger partial charge in [0, 0.05) is 36.3 Å². The molecule has 2 aliphatic heterocycles. The zero-order chi connectivity index (χ0) is 22.9. The summed E-state index contributed by atoms with van der Waals surface area (Å²) in [6.45, 7) is 3.95. The monoisotopic (exact) mass is 461 g/mol. The molecule has 1 saturated heterocycles. The third-order valence-electron chi connectivity index (χ3n) is 6.02. The zero-order valence-electron chi connectivity index (χ0n) is 18.5. The number of carbonyl (C=O) groups is 1. The highest BCUT2D eigenvalue weighted by molar-refractivity contribution is 6.30. The maximum absolute atomic E-state index is 13.1. The van der Waals surface area contributed by atoms with Crippen LogP contribution < -0.4 is 9.47 Å². The minimum atomic E-state index is -0.00176. The van der Waals surface area contributed by atoms with Crippen LogP contribution in [0.3, 0.4) is 0 Å². The van der Waals surface area contributed by atoms with E-state index >= 15 is 0 Å². The third-order valence-corrected chi connectivity index (χ3v) is 6.27. The molecule has 0 unspecified atom stereocenters. The van der Waals surface area contributed by atoms with Gasteiger partial charge in [-0.25, -0.2) is 4.99 Å². The quantitative estimate of drug-likeness (QED) is 0.514. The summed E-state index contributed by atoms with van der Waals surface area (Å²) in [7, 11) is 1.63. The number of benzene rings is 3. The van der Waals surface area contributed by atoms with E-state index < -0.39 is 0 Å². The molecule has 33 heavy (non-hydrogen) atoms. The number of amides is 1. The summed E-state index contributed by atoms with van der Waals surface area (Å²) in [6, 6.07) is 20.6. The van der Waals surface area contributed by atoms with E-state index in [0.29, 0.717) is 47.5 Å². The van der Waals surface area contributed by atoms with Crippen molar-refractivity contribution in [1.29, 1.82) is 0 Å². The lowest BCUT2D eigenvalue weighted by Crippen LogP contribution is -2.55. The van der Waals surface area contributed by atoms with Crippen molar-refractivity contribution in [2.24, 2.45) is 4.99 Å². The van der Waals surface area contributed by atoms with Crippen LogP contribution in [0.1, 0.15) is 22.8 Å². The summed E-state index contributed by atoms with van der Waals surface area (Å²) >= 11 is 5.98. The molecule has 0 N–H and O–H groups in total. The van der Waals surface area contributed by atoms with E-state index in [4.69, 9.17) is 26.1 Å². The lowest BCUT2D eigenvalue weighted by Gasteiger charge is -2.41. The number of para-hydroxylation sites is 3. The molecule has 0 saturated carbocycles. The van der Waals surface area contributed by atoms with Crippen LogP contribution in [-0.4, -0.2) is 54.3 Å². The van der Waals surface area contributed by atoms with E-state index in [0.717, 1.165) is 17.1 Å². The molecule has 7 heteroatoms. The van der Waals surface area contributed by atoms with Gasteiger partial charge in [-0.3, -0.25) is 4.79 Å². The second-order valence-electron chi connectivity index (χ2n) is 8.14. The number of amidine groups is 1. The summed E-state index contributed by atoms with van der Waals surface area (Å²) in [4.78, 5) is 22.2. The number of carbonyl (C=O) groups excluding carboxylic acids is 1. The van der Waals surface area contributed by atoms with Crippen LogP contribution in [0.15, 0.2) is 71.7 Å². The van der Waals surface area contributed by atoms with Gasteiger partial charge in [-0.2, -0.15) is 0 Å². The Labute approximate surface area is 198 Å². The van der Waals surface area contributed by atoms with Gasteiger partial charge in [0.15, 0.2) is 17.2 Å². The first-order chi connectivity index (χ1) is 16.0. The van der Waals surface area contributed by atoms with E-state index in [-0.39, 0.29) is 11.9 Å². The van der Waals surface area contributed by atoms with Crippen molar-refractivity contribution in [3.8, 4) is 17.2 Å². The first kappa shape index (κ1) is 21.3. The Bertz CT molecular complexity index is 1230. The SMILES string of the molecule is COc1cccc2c1Oc1ccccc1N=C2N1CCN(C(=O)c2ccc(Cl)cc2)[C@H](C)C1. The Morgan fingerprint density at radius 3 is 2.61 bits per heavy atom. The Morgan fingerprint density at radius 1 is 1.06 bits per heavy atom. The first-order valence-electron chi connectivity index (χ1n) is 10.9. The molecule has 0 bridgehead atoms. The highest BCUT2D eigenvalue weighted by Crippen LogP contribution is 2.42. The van der Waals surface area contributed by atoms with Crippen LogP contribution >= 0.6 is 11.6 Å². The highest BCUT2D eigenvalue weighted by Gasteiger charge is 2.32. The molecule has 168 valence electrons. The second-order valence-corrected chi connectivity index (χ2v) is 8.58. The summed E-state index contributed by atoms with van der Waals surface area (Å²) in [6.07, 6.45) is 0. The summed E-state index contributed by atoms with van der Waals surface area (Å²) in [5.74, 6) is 2.82. The average Bonchev–Trinajstić information content (AvgIpc) is 3.01.